The molecule has 0 bridgehead atoms. The third kappa shape index (κ3) is 6.83. The number of hydrogen-bond donors (Lipinski definition) is 1. The molecule has 1 fully saturated rings. The Labute approximate surface area is 145 Å². The summed E-state index contributed by atoms with van der Waals surface area (Å²) in [5, 5.41) is 6.98. The Kier molecular flexibility index (Phi) is 10.9. The van der Waals surface area contributed by atoms with Crippen LogP contribution in [0.15, 0.2) is 5.38 Å². The number of piperidine rings is 1. The molecule has 3 nitrogen and oxygen atoms in total. The molecule has 6 heteroatoms. The normalized spacial score (nSPS) is 16.6. The lowest BCUT2D eigenvalue weighted by Crippen LogP contribution is -2.36. The van der Waals surface area contributed by atoms with E-state index in [2.05, 4.69) is 36.4 Å². The Hall–Kier alpha value is 0.130. The molecule has 1 N–H and O–H groups in total. The van der Waals surface area contributed by atoms with Gasteiger partial charge in [0.15, 0.2) is 0 Å². The maximum absolute atomic E-state index is 4.74. The Morgan fingerprint density at radius 2 is 2.00 bits per heavy atom. The zero-order valence-corrected chi connectivity index (χ0v) is 15.8. The molecule has 0 aromatic carbocycles. The largest absolute Gasteiger partial charge is 0.317 e. The second-order valence-corrected chi connectivity index (χ2v) is 6.75. The van der Waals surface area contributed by atoms with Crippen LogP contribution in [0.3, 0.4) is 0 Å². The van der Waals surface area contributed by atoms with Crippen LogP contribution in [0, 0.1) is 5.92 Å². The summed E-state index contributed by atoms with van der Waals surface area (Å²) in [6.45, 7) is 12.4. The smallest absolute Gasteiger partial charge is 0.0954 e. The van der Waals surface area contributed by atoms with E-state index in [1.54, 1.807) is 0 Å². The average molecular weight is 354 g/mol. The number of halogens is 2. The molecule has 0 amide bonds. The van der Waals surface area contributed by atoms with E-state index in [9.17, 15) is 0 Å². The number of thiazole rings is 1. The van der Waals surface area contributed by atoms with Crippen molar-refractivity contribution in [2.45, 2.75) is 46.1 Å². The van der Waals surface area contributed by atoms with Crippen LogP contribution in [0.5, 0.6) is 0 Å². The molecule has 0 radical (unpaired) electrons. The van der Waals surface area contributed by atoms with Gasteiger partial charge in [-0.1, -0.05) is 20.8 Å². The van der Waals surface area contributed by atoms with Crippen LogP contribution in [-0.4, -0.2) is 36.1 Å². The van der Waals surface area contributed by atoms with Gasteiger partial charge >= 0.3 is 0 Å². The van der Waals surface area contributed by atoms with Crippen molar-refractivity contribution in [3.8, 4) is 0 Å². The van der Waals surface area contributed by atoms with Crippen LogP contribution >= 0.6 is 36.2 Å². The summed E-state index contributed by atoms with van der Waals surface area (Å²) < 4.78 is 0. The minimum Gasteiger partial charge on any atom is -0.317 e. The number of likely N-dealkylation sites (tertiary alicyclic amines) is 1. The quantitative estimate of drug-likeness (QED) is 0.839. The highest BCUT2D eigenvalue weighted by molar-refractivity contribution is 7.09. The van der Waals surface area contributed by atoms with Gasteiger partial charge in [-0.25, -0.2) is 4.98 Å². The van der Waals surface area contributed by atoms with Crippen molar-refractivity contribution < 1.29 is 0 Å². The van der Waals surface area contributed by atoms with Crippen LogP contribution in [0.1, 0.15) is 50.2 Å². The predicted molar refractivity (Wildman–Crippen MR) is 97.2 cm³/mol. The van der Waals surface area contributed by atoms with E-state index >= 15 is 0 Å². The van der Waals surface area contributed by atoms with Gasteiger partial charge in [0.1, 0.15) is 0 Å². The Balaban J connectivity index is 0.00000200. The summed E-state index contributed by atoms with van der Waals surface area (Å²) in [6.07, 6.45) is 2.66. The topological polar surface area (TPSA) is 28.2 Å². The van der Waals surface area contributed by atoms with Gasteiger partial charge in [-0.15, -0.1) is 36.2 Å². The Morgan fingerprint density at radius 3 is 2.52 bits per heavy atom. The van der Waals surface area contributed by atoms with Crippen molar-refractivity contribution in [3.05, 3.63) is 16.1 Å². The third-order valence-electron chi connectivity index (χ3n) is 3.84. The van der Waals surface area contributed by atoms with Gasteiger partial charge in [-0.05, 0) is 44.9 Å². The molecule has 1 aromatic rings. The van der Waals surface area contributed by atoms with Crippen molar-refractivity contribution in [2.24, 2.45) is 5.92 Å². The maximum atomic E-state index is 4.74. The lowest BCUT2D eigenvalue weighted by Gasteiger charge is -2.31. The molecule has 0 aliphatic carbocycles. The van der Waals surface area contributed by atoms with E-state index < -0.39 is 0 Å². The monoisotopic (exact) mass is 353 g/mol. The second-order valence-electron chi connectivity index (χ2n) is 5.86. The predicted octanol–water partition coefficient (Wildman–Crippen LogP) is 3.93. The Bertz CT molecular complexity index is 377. The Morgan fingerprint density at radius 1 is 1.33 bits per heavy atom. The molecule has 0 unspecified atom stereocenters. The SMILES string of the molecule is CCNCC1CCN(Cc2csc(C(C)C)n2)CC1.Cl.Cl. The fraction of sp³-hybridized carbons (Fsp3) is 0.800. The lowest BCUT2D eigenvalue weighted by atomic mass is 9.97. The molecule has 124 valence electrons. The van der Waals surface area contributed by atoms with Gasteiger partial charge in [0.25, 0.3) is 0 Å². The van der Waals surface area contributed by atoms with E-state index in [-0.39, 0.29) is 24.8 Å². The first kappa shape index (κ1) is 21.1. The van der Waals surface area contributed by atoms with Crippen LogP contribution < -0.4 is 5.32 Å². The number of nitrogens with zero attached hydrogens (tertiary/aromatic N) is 2. The van der Waals surface area contributed by atoms with Crippen molar-refractivity contribution in [1.29, 1.82) is 0 Å². The minimum absolute atomic E-state index is 0. The summed E-state index contributed by atoms with van der Waals surface area (Å²) in [7, 11) is 0. The first-order valence-electron chi connectivity index (χ1n) is 7.56. The van der Waals surface area contributed by atoms with Gasteiger partial charge in [0.05, 0.1) is 10.7 Å². The molecule has 1 aromatic heterocycles. The van der Waals surface area contributed by atoms with Crippen LogP contribution in [0.2, 0.25) is 0 Å². The molecular formula is C15H29Cl2N3S. The summed E-state index contributed by atoms with van der Waals surface area (Å²) in [5.74, 6) is 1.43. The number of nitrogens with one attached hydrogen (secondary N) is 1. The highest BCUT2D eigenvalue weighted by Crippen LogP contribution is 2.22. The minimum atomic E-state index is 0. The molecule has 2 rings (SSSR count). The van der Waals surface area contributed by atoms with Crippen molar-refractivity contribution in [2.75, 3.05) is 26.2 Å². The molecular weight excluding hydrogens is 325 g/mol. The fourth-order valence-electron chi connectivity index (χ4n) is 2.59. The second kappa shape index (κ2) is 10.8. The standard InChI is InChI=1S/C15H27N3S.2ClH/c1-4-16-9-13-5-7-18(8-6-13)10-14-11-19-15(17-14)12(2)3;;/h11-13,16H,4-10H2,1-3H3;2*1H. The van der Waals surface area contributed by atoms with Gasteiger partial charge in [0.2, 0.25) is 0 Å². The first-order valence-corrected chi connectivity index (χ1v) is 8.44. The molecule has 1 aliphatic heterocycles. The summed E-state index contributed by atoms with van der Waals surface area (Å²) in [6, 6.07) is 0. The van der Waals surface area contributed by atoms with Crippen molar-refractivity contribution in [3.63, 3.8) is 0 Å². The van der Waals surface area contributed by atoms with Gasteiger partial charge in [-0.2, -0.15) is 0 Å². The van der Waals surface area contributed by atoms with E-state index in [0.29, 0.717) is 5.92 Å². The molecule has 0 atom stereocenters. The average Bonchev–Trinajstić information content (AvgIpc) is 2.87. The maximum Gasteiger partial charge on any atom is 0.0954 e. The van der Waals surface area contributed by atoms with Crippen molar-refractivity contribution in [1.82, 2.24) is 15.2 Å². The summed E-state index contributed by atoms with van der Waals surface area (Å²) >= 11 is 1.81. The molecule has 0 saturated carbocycles. The third-order valence-corrected chi connectivity index (χ3v) is 5.03. The van der Waals surface area contributed by atoms with Crippen molar-refractivity contribution >= 4 is 36.2 Å². The molecule has 2 heterocycles. The first-order chi connectivity index (χ1) is 9.19. The molecule has 1 saturated heterocycles. The van der Waals surface area contributed by atoms with Crippen LogP contribution in [0.4, 0.5) is 0 Å². The van der Waals surface area contributed by atoms with E-state index in [1.807, 2.05) is 11.3 Å². The van der Waals surface area contributed by atoms with Crippen LogP contribution in [0.25, 0.3) is 0 Å². The zero-order chi connectivity index (χ0) is 13.7. The molecule has 1 aliphatic rings. The highest BCUT2D eigenvalue weighted by Gasteiger charge is 2.19. The van der Waals surface area contributed by atoms with Gasteiger partial charge in [-0.3, -0.25) is 4.90 Å². The van der Waals surface area contributed by atoms with Gasteiger partial charge in [0, 0.05) is 17.8 Å². The van der Waals surface area contributed by atoms with E-state index in [0.717, 1.165) is 19.0 Å². The summed E-state index contributed by atoms with van der Waals surface area (Å²) in [4.78, 5) is 7.29. The lowest BCUT2D eigenvalue weighted by molar-refractivity contribution is 0.174. The van der Waals surface area contributed by atoms with E-state index in [4.69, 9.17) is 4.98 Å². The molecule has 21 heavy (non-hydrogen) atoms. The number of rotatable bonds is 6. The van der Waals surface area contributed by atoms with E-state index in [1.165, 1.54) is 43.2 Å². The van der Waals surface area contributed by atoms with Gasteiger partial charge < -0.3 is 5.32 Å². The summed E-state index contributed by atoms with van der Waals surface area (Å²) in [5.41, 5.74) is 1.26. The number of aromatic nitrogens is 1. The highest BCUT2D eigenvalue weighted by atomic mass is 35.5. The molecule has 0 spiro atoms. The fourth-order valence-corrected chi connectivity index (χ4v) is 3.41. The zero-order valence-electron chi connectivity index (χ0n) is 13.3. The number of hydrogen-bond acceptors (Lipinski definition) is 4. The van der Waals surface area contributed by atoms with Crippen LogP contribution in [-0.2, 0) is 6.54 Å².